The van der Waals surface area contributed by atoms with Crippen LogP contribution in [-0.4, -0.2) is 54.0 Å². The molecule has 126 valence electrons. The highest BCUT2D eigenvalue weighted by atomic mass is 16.5. The fourth-order valence-corrected chi connectivity index (χ4v) is 4.12. The molecule has 1 amide bonds. The molecule has 0 unspecified atom stereocenters. The molecule has 2 aliphatic heterocycles. The van der Waals surface area contributed by atoms with Gasteiger partial charge in [-0.05, 0) is 65.3 Å². The minimum atomic E-state index is 0.121. The summed E-state index contributed by atoms with van der Waals surface area (Å²) in [5.74, 6) is 0.890. The summed E-state index contributed by atoms with van der Waals surface area (Å²) in [6.07, 6.45) is 4.53. The molecule has 2 heterocycles. The predicted octanol–water partition coefficient (Wildman–Crippen LogP) is 2.85. The molecule has 23 heavy (non-hydrogen) atoms. The third-order valence-electron chi connectivity index (χ3n) is 5.72. The zero-order valence-corrected chi connectivity index (χ0v) is 14.5. The number of piperidine rings is 2. The van der Waals surface area contributed by atoms with Crippen LogP contribution in [-0.2, 0) is 4.79 Å². The molecule has 0 aliphatic carbocycles. The van der Waals surface area contributed by atoms with Crippen molar-refractivity contribution in [3.8, 4) is 5.75 Å². The van der Waals surface area contributed by atoms with Gasteiger partial charge in [0.2, 0.25) is 0 Å². The lowest BCUT2D eigenvalue weighted by molar-refractivity contribution is -0.145. The second-order valence-corrected chi connectivity index (χ2v) is 7.23. The number of fused-ring (bicyclic) bond motifs is 1. The van der Waals surface area contributed by atoms with E-state index in [1.807, 2.05) is 31.2 Å². The summed E-state index contributed by atoms with van der Waals surface area (Å²) >= 11 is 0. The van der Waals surface area contributed by atoms with Gasteiger partial charge in [-0.2, -0.15) is 0 Å². The van der Waals surface area contributed by atoms with E-state index in [4.69, 9.17) is 4.74 Å². The number of likely N-dealkylation sites (tertiary alicyclic amines) is 2. The van der Waals surface area contributed by atoms with E-state index in [9.17, 15) is 4.79 Å². The average molecular weight is 316 g/mol. The summed E-state index contributed by atoms with van der Waals surface area (Å²) in [5.41, 5.74) is 1.32. The predicted molar refractivity (Wildman–Crippen MR) is 91.7 cm³/mol. The smallest absolute Gasteiger partial charge is 0.260 e. The molecule has 0 bridgehead atoms. The Kier molecular flexibility index (Phi) is 4.62. The first-order valence-electron chi connectivity index (χ1n) is 8.71. The van der Waals surface area contributed by atoms with Crippen molar-refractivity contribution in [2.75, 3.05) is 26.7 Å². The number of amides is 1. The summed E-state index contributed by atoms with van der Waals surface area (Å²) in [7, 11) is 2.20. The Labute approximate surface area is 139 Å². The summed E-state index contributed by atoms with van der Waals surface area (Å²) in [5, 5.41) is 0. The molecule has 4 nitrogen and oxygen atoms in total. The quantitative estimate of drug-likeness (QED) is 0.859. The van der Waals surface area contributed by atoms with Crippen LogP contribution >= 0.6 is 0 Å². The van der Waals surface area contributed by atoms with Crippen molar-refractivity contribution in [1.29, 1.82) is 0 Å². The van der Waals surface area contributed by atoms with E-state index >= 15 is 0 Å². The van der Waals surface area contributed by atoms with Gasteiger partial charge in [0.05, 0.1) is 0 Å². The van der Waals surface area contributed by atoms with E-state index in [0.29, 0.717) is 6.04 Å². The molecular formula is C19H28N2O2. The monoisotopic (exact) mass is 316 g/mol. The molecule has 1 aromatic rings. The number of hydrogen-bond acceptors (Lipinski definition) is 3. The number of carbonyl (C=O) groups is 1. The molecule has 2 fully saturated rings. The van der Waals surface area contributed by atoms with Crippen molar-refractivity contribution in [2.24, 2.45) is 0 Å². The van der Waals surface area contributed by atoms with Crippen LogP contribution in [0.25, 0.3) is 0 Å². The molecule has 0 N–H and O–H groups in total. The minimum absolute atomic E-state index is 0.121. The van der Waals surface area contributed by atoms with E-state index in [0.717, 1.165) is 31.7 Å². The summed E-state index contributed by atoms with van der Waals surface area (Å²) in [6.45, 7) is 6.50. The second-order valence-electron chi connectivity index (χ2n) is 7.23. The highest BCUT2D eigenvalue weighted by molar-refractivity contribution is 5.78. The zero-order valence-electron chi connectivity index (χ0n) is 14.5. The standard InChI is InChI=1S/C19H28N2O2/c1-15-7-9-16(10-8-15)23-14-18(22)21-13-5-11-19(2)17(21)6-4-12-20(19)3/h7-10,17H,4-6,11-14H2,1-3H3/t17-,19-/m0/s1. The number of nitrogens with zero attached hydrogens (tertiary/aromatic N) is 2. The van der Waals surface area contributed by atoms with Crippen LogP contribution in [0.4, 0.5) is 0 Å². The first-order valence-corrected chi connectivity index (χ1v) is 8.71. The topological polar surface area (TPSA) is 32.8 Å². The number of benzene rings is 1. The Morgan fingerprint density at radius 3 is 2.74 bits per heavy atom. The van der Waals surface area contributed by atoms with Crippen molar-refractivity contribution in [2.45, 2.75) is 51.1 Å². The van der Waals surface area contributed by atoms with Crippen molar-refractivity contribution in [3.05, 3.63) is 29.8 Å². The van der Waals surface area contributed by atoms with Crippen LogP contribution in [0, 0.1) is 6.92 Å². The lowest BCUT2D eigenvalue weighted by Gasteiger charge is -2.55. The minimum Gasteiger partial charge on any atom is -0.484 e. The van der Waals surface area contributed by atoms with E-state index in [-0.39, 0.29) is 18.1 Å². The number of likely N-dealkylation sites (N-methyl/N-ethyl adjacent to an activating group) is 1. The molecule has 4 heteroatoms. The lowest BCUT2D eigenvalue weighted by Crippen LogP contribution is -2.66. The molecule has 0 aromatic heterocycles. The van der Waals surface area contributed by atoms with Crippen LogP contribution in [0.15, 0.2) is 24.3 Å². The van der Waals surface area contributed by atoms with Gasteiger partial charge in [0.15, 0.2) is 6.61 Å². The Bertz CT molecular complexity index is 557. The molecule has 0 saturated carbocycles. The molecule has 2 saturated heterocycles. The Morgan fingerprint density at radius 2 is 2.00 bits per heavy atom. The van der Waals surface area contributed by atoms with Gasteiger partial charge >= 0.3 is 0 Å². The van der Waals surface area contributed by atoms with Crippen molar-refractivity contribution < 1.29 is 9.53 Å². The van der Waals surface area contributed by atoms with Gasteiger partial charge in [-0.3, -0.25) is 9.69 Å². The lowest BCUT2D eigenvalue weighted by atomic mass is 9.76. The van der Waals surface area contributed by atoms with Gasteiger partial charge < -0.3 is 9.64 Å². The van der Waals surface area contributed by atoms with Crippen LogP contribution in [0.2, 0.25) is 0 Å². The first-order chi connectivity index (χ1) is 11.0. The molecule has 0 spiro atoms. The van der Waals surface area contributed by atoms with Crippen molar-refractivity contribution in [3.63, 3.8) is 0 Å². The third-order valence-corrected chi connectivity index (χ3v) is 5.72. The molecule has 2 aliphatic rings. The molecular weight excluding hydrogens is 288 g/mol. The molecule has 1 aromatic carbocycles. The van der Waals surface area contributed by atoms with Gasteiger partial charge in [-0.1, -0.05) is 17.7 Å². The van der Waals surface area contributed by atoms with E-state index in [2.05, 4.69) is 23.8 Å². The largest absolute Gasteiger partial charge is 0.484 e. The summed E-state index contributed by atoms with van der Waals surface area (Å²) < 4.78 is 5.71. The molecule has 0 radical (unpaired) electrons. The number of ether oxygens (including phenoxy) is 1. The maximum absolute atomic E-state index is 12.7. The van der Waals surface area contributed by atoms with Crippen molar-refractivity contribution >= 4 is 5.91 Å². The molecule has 2 atom stereocenters. The number of carbonyl (C=O) groups excluding carboxylic acids is 1. The number of hydrogen-bond donors (Lipinski definition) is 0. The van der Waals surface area contributed by atoms with Gasteiger partial charge in [0, 0.05) is 18.1 Å². The normalized spacial score (nSPS) is 28.3. The van der Waals surface area contributed by atoms with Crippen LogP contribution in [0.3, 0.4) is 0 Å². The summed E-state index contributed by atoms with van der Waals surface area (Å²) in [6, 6.07) is 8.19. The van der Waals surface area contributed by atoms with Gasteiger partial charge in [0.25, 0.3) is 5.91 Å². The van der Waals surface area contributed by atoms with E-state index < -0.39 is 0 Å². The maximum Gasteiger partial charge on any atom is 0.260 e. The SMILES string of the molecule is Cc1ccc(OCC(=O)N2CCC[C@@]3(C)[C@@H]2CCCN3C)cc1. The number of rotatable bonds is 3. The van der Waals surface area contributed by atoms with Gasteiger partial charge in [-0.15, -0.1) is 0 Å². The van der Waals surface area contributed by atoms with Crippen LogP contribution in [0.5, 0.6) is 5.75 Å². The van der Waals surface area contributed by atoms with Crippen LogP contribution in [0.1, 0.15) is 38.2 Å². The first kappa shape index (κ1) is 16.3. The Balaban J connectivity index is 1.65. The van der Waals surface area contributed by atoms with Crippen LogP contribution < -0.4 is 4.74 Å². The second kappa shape index (κ2) is 6.52. The Hall–Kier alpha value is -1.55. The van der Waals surface area contributed by atoms with E-state index in [1.54, 1.807) is 0 Å². The van der Waals surface area contributed by atoms with Gasteiger partial charge in [-0.25, -0.2) is 0 Å². The fourth-order valence-electron chi connectivity index (χ4n) is 4.12. The average Bonchev–Trinajstić information content (AvgIpc) is 2.54. The zero-order chi connectivity index (χ0) is 16.4. The number of aryl methyl sites for hydroxylation is 1. The fraction of sp³-hybridized carbons (Fsp3) is 0.632. The summed E-state index contributed by atoms with van der Waals surface area (Å²) in [4.78, 5) is 17.2. The Morgan fingerprint density at radius 1 is 1.26 bits per heavy atom. The van der Waals surface area contributed by atoms with Crippen molar-refractivity contribution in [1.82, 2.24) is 9.80 Å². The van der Waals surface area contributed by atoms with E-state index in [1.165, 1.54) is 18.4 Å². The maximum atomic E-state index is 12.7. The van der Waals surface area contributed by atoms with Gasteiger partial charge in [0.1, 0.15) is 5.75 Å². The highest BCUT2D eigenvalue weighted by Gasteiger charge is 2.47. The molecule has 3 rings (SSSR count). The third kappa shape index (κ3) is 3.23. The highest BCUT2D eigenvalue weighted by Crippen LogP contribution is 2.38.